The van der Waals surface area contributed by atoms with E-state index >= 15 is 0 Å². The van der Waals surface area contributed by atoms with Gasteiger partial charge in [-0.1, -0.05) is 26.8 Å². The second-order valence-corrected chi connectivity index (χ2v) is 5.09. The van der Waals surface area contributed by atoms with Crippen LogP contribution >= 0.6 is 0 Å². The normalized spacial score (nSPS) is 11.2. The molecule has 0 N–H and O–H groups in total. The van der Waals surface area contributed by atoms with Crippen molar-refractivity contribution < 1.29 is 14.3 Å². The predicted octanol–water partition coefficient (Wildman–Crippen LogP) is 3.40. The lowest BCUT2D eigenvalue weighted by atomic mass is 9.80. The van der Waals surface area contributed by atoms with Crippen LogP contribution in [-0.4, -0.2) is 18.9 Å². The summed E-state index contributed by atoms with van der Waals surface area (Å²) < 4.78 is 4.66. The SMILES string of the molecule is CCC(C)(C)C(=O)c1ccc(C(=O)OC)cc1C. The van der Waals surface area contributed by atoms with E-state index in [2.05, 4.69) is 4.74 Å². The molecule has 0 radical (unpaired) electrons. The summed E-state index contributed by atoms with van der Waals surface area (Å²) in [4.78, 5) is 23.7. The van der Waals surface area contributed by atoms with Crippen LogP contribution in [0.2, 0.25) is 0 Å². The minimum Gasteiger partial charge on any atom is -0.465 e. The van der Waals surface area contributed by atoms with Crippen LogP contribution in [0, 0.1) is 12.3 Å². The summed E-state index contributed by atoms with van der Waals surface area (Å²) >= 11 is 0. The Hall–Kier alpha value is -1.64. The average molecular weight is 248 g/mol. The Balaban J connectivity index is 3.14. The molecule has 3 nitrogen and oxygen atoms in total. The molecule has 1 rings (SSSR count). The second kappa shape index (κ2) is 5.34. The number of ketones is 1. The summed E-state index contributed by atoms with van der Waals surface area (Å²) in [6.07, 6.45) is 0.782. The van der Waals surface area contributed by atoms with Gasteiger partial charge in [0, 0.05) is 11.0 Å². The molecule has 0 aliphatic rings. The molecule has 3 heteroatoms. The predicted molar refractivity (Wildman–Crippen MR) is 70.9 cm³/mol. The van der Waals surface area contributed by atoms with E-state index in [1.807, 2.05) is 27.7 Å². The fourth-order valence-electron chi connectivity index (χ4n) is 1.69. The van der Waals surface area contributed by atoms with Gasteiger partial charge in [-0.2, -0.15) is 0 Å². The van der Waals surface area contributed by atoms with Gasteiger partial charge in [0.2, 0.25) is 0 Å². The lowest BCUT2D eigenvalue weighted by Gasteiger charge is -2.22. The van der Waals surface area contributed by atoms with Crippen molar-refractivity contribution in [2.45, 2.75) is 34.1 Å². The Bertz CT molecular complexity index is 473. The number of methoxy groups -OCH3 is 1. The standard InChI is InChI=1S/C15H20O3/c1-6-15(3,4)13(16)12-8-7-11(9-10(12)2)14(17)18-5/h7-9H,6H2,1-5H3. The molecule has 0 amide bonds. The molecular weight excluding hydrogens is 228 g/mol. The highest BCUT2D eigenvalue weighted by atomic mass is 16.5. The van der Waals surface area contributed by atoms with Crippen molar-refractivity contribution in [1.29, 1.82) is 0 Å². The van der Waals surface area contributed by atoms with Crippen molar-refractivity contribution in [3.63, 3.8) is 0 Å². The van der Waals surface area contributed by atoms with Crippen LogP contribution in [-0.2, 0) is 4.74 Å². The van der Waals surface area contributed by atoms with Crippen LogP contribution < -0.4 is 0 Å². The van der Waals surface area contributed by atoms with E-state index in [9.17, 15) is 9.59 Å². The quantitative estimate of drug-likeness (QED) is 0.606. The largest absolute Gasteiger partial charge is 0.465 e. The monoisotopic (exact) mass is 248 g/mol. The van der Waals surface area contributed by atoms with Crippen molar-refractivity contribution >= 4 is 11.8 Å². The summed E-state index contributed by atoms with van der Waals surface area (Å²) in [6.45, 7) is 7.70. The lowest BCUT2D eigenvalue weighted by molar-refractivity contribution is 0.0600. The first-order valence-electron chi connectivity index (χ1n) is 6.07. The van der Waals surface area contributed by atoms with Gasteiger partial charge < -0.3 is 4.74 Å². The molecule has 0 aromatic heterocycles. The van der Waals surface area contributed by atoms with Gasteiger partial charge in [-0.3, -0.25) is 4.79 Å². The van der Waals surface area contributed by atoms with Crippen LogP contribution in [0.1, 0.15) is 53.5 Å². The molecular formula is C15H20O3. The first-order valence-corrected chi connectivity index (χ1v) is 6.07. The summed E-state index contributed by atoms with van der Waals surface area (Å²) in [5, 5.41) is 0. The molecule has 0 spiro atoms. The number of esters is 1. The van der Waals surface area contributed by atoms with Crippen LogP contribution in [0.25, 0.3) is 0 Å². The summed E-state index contributed by atoms with van der Waals surface area (Å²) in [7, 11) is 1.34. The number of hydrogen-bond acceptors (Lipinski definition) is 3. The Kier molecular flexibility index (Phi) is 4.28. The number of rotatable bonds is 4. The van der Waals surface area contributed by atoms with Crippen LogP contribution in [0.5, 0.6) is 0 Å². The molecule has 18 heavy (non-hydrogen) atoms. The van der Waals surface area contributed by atoms with Gasteiger partial charge in [0.05, 0.1) is 12.7 Å². The minimum atomic E-state index is -0.383. The Morgan fingerprint density at radius 3 is 2.33 bits per heavy atom. The zero-order valence-electron chi connectivity index (χ0n) is 11.7. The van der Waals surface area contributed by atoms with Crippen molar-refractivity contribution in [1.82, 2.24) is 0 Å². The molecule has 0 saturated carbocycles. The molecule has 0 heterocycles. The number of Topliss-reactive ketones (excluding diaryl/α,β-unsaturated/α-hetero) is 1. The molecule has 0 aliphatic carbocycles. The highest BCUT2D eigenvalue weighted by Gasteiger charge is 2.27. The molecule has 0 aliphatic heterocycles. The number of ether oxygens (including phenoxy) is 1. The topological polar surface area (TPSA) is 43.4 Å². The van der Waals surface area contributed by atoms with Gasteiger partial charge >= 0.3 is 5.97 Å². The molecule has 98 valence electrons. The van der Waals surface area contributed by atoms with Crippen LogP contribution in [0.4, 0.5) is 0 Å². The highest BCUT2D eigenvalue weighted by Crippen LogP contribution is 2.27. The van der Waals surface area contributed by atoms with E-state index in [4.69, 9.17) is 0 Å². The van der Waals surface area contributed by atoms with Crippen molar-refractivity contribution in [3.8, 4) is 0 Å². The molecule has 0 saturated heterocycles. The van der Waals surface area contributed by atoms with Gasteiger partial charge in [0.25, 0.3) is 0 Å². The number of benzene rings is 1. The second-order valence-electron chi connectivity index (χ2n) is 5.09. The molecule has 0 atom stereocenters. The zero-order chi connectivity index (χ0) is 13.9. The lowest BCUT2D eigenvalue weighted by Crippen LogP contribution is -2.24. The van der Waals surface area contributed by atoms with Gasteiger partial charge in [0.15, 0.2) is 5.78 Å². The first kappa shape index (κ1) is 14.4. The number of aryl methyl sites for hydroxylation is 1. The fourth-order valence-corrected chi connectivity index (χ4v) is 1.69. The maximum absolute atomic E-state index is 12.4. The molecule has 0 fully saturated rings. The number of carbonyl (C=O) groups is 2. The maximum Gasteiger partial charge on any atom is 0.337 e. The van der Waals surface area contributed by atoms with Crippen LogP contribution in [0.3, 0.4) is 0 Å². The van der Waals surface area contributed by atoms with E-state index in [0.29, 0.717) is 11.1 Å². The third-order valence-corrected chi connectivity index (χ3v) is 3.39. The van der Waals surface area contributed by atoms with Gasteiger partial charge in [-0.15, -0.1) is 0 Å². The first-order chi connectivity index (χ1) is 8.33. The summed E-state index contributed by atoms with van der Waals surface area (Å²) in [5.41, 5.74) is 1.58. The summed E-state index contributed by atoms with van der Waals surface area (Å²) in [6, 6.07) is 5.05. The maximum atomic E-state index is 12.4. The van der Waals surface area contributed by atoms with Crippen molar-refractivity contribution in [2.75, 3.05) is 7.11 Å². The van der Waals surface area contributed by atoms with Crippen LogP contribution in [0.15, 0.2) is 18.2 Å². The molecule has 0 bridgehead atoms. The number of carbonyl (C=O) groups excluding carboxylic acids is 2. The average Bonchev–Trinajstić information content (AvgIpc) is 2.36. The molecule has 1 aromatic carbocycles. The van der Waals surface area contributed by atoms with E-state index in [0.717, 1.165) is 12.0 Å². The summed E-state index contributed by atoms with van der Waals surface area (Å²) in [5.74, 6) is -0.272. The van der Waals surface area contributed by atoms with E-state index in [1.165, 1.54) is 7.11 Å². The zero-order valence-corrected chi connectivity index (χ0v) is 11.7. The molecule has 1 aromatic rings. The van der Waals surface area contributed by atoms with Gasteiger partial charge in [0.1, 0.15) is 0 Å². The third-order valence-electron chi connectivity index (χ3n) is 3.39. The smallest absolute Gasteiger partial charge is 0.337 e. The third kappa shape index (κ3) is 2.78. The number of hydrogen-bond donors (Lipinski definition) is 0. The van der Waals surface area contributed by atoms with E-state index in [1.54, 1.807) is 18.2 Å². The van der Waals surface area contributed by atoms with E-state index in [-0.39, 0.29) is 17.2 Å². The Morgan fingerprint density at radius 1 is 1.28 bits per heavy atom. The van der Waals surface area contributed by atoms with Crippen molar-refractivity contribution in [2.24, 2.45) is 5.41 Å². The van der Waals surface area contributed by atoms with Gasteiger partial charge in [-0.25, -0.2) is 4.79 Å². The fraction of sp³-hybridized carbons (Fsp3) is 0.467. The Morgan fingerprint density at radius 2 is 1.89 bits per heavy atom. The van der Waals surface area contributed by atoms with Gasteiger partial charge in [-0.05, 0) is 31.0 Å². The Labute approximate surface area is 108 Å². The minimum absolute atomic E-state index is 0.110. The van der Waals surface area contributed by atoms with E-state index < -0.39 is 0 Å². The van der Waals surface area contributed by atoms with Crippen molar-refractivity contribution in [3.05, 3.63) is 34.9 Å². The highest BCUT2D eigenvalue weighted by molar-refractivity contribution is 6.02. The molecule has 0 unspecified atom stereocenters.